The van der Waals surface area contributed by atoms with Crippen molar-refractivity contribution in [1.29, 1.82) is 0 Å². The van der Waals surface area contributed by atoms with Crippen molar-refractivity contribution in [2.24, 2.45) is 0 Å². The summed E-state index contributed by atoms with van der Waals surface area (Å²) in [6.45, 7) is 0.502. The first-order valence-corrected chi connectivity index (χ1v) is 6.33. The van der Waals surface area contributed by atoms with Crippen molar-refractivity contribution < 1.29 is 23.8 Å². The molecule has 2 atom stereocenters. The summed E-state index contributed by atoms with van der Waals surface area (Å²) in [5.41, 5.74) is -2.27. The third kappa shape index (κ3) is 2.80. The van der Waals surface area contributed by atoms with E-state index in [0.29, 0.717) is 6.61 Å². The molecule has 0 spiro atoms. The molecule has 2 heterocycles. The number of rotatable bonds is 3. The summed E-state index contributed by atoms with van der Waals surface area (Å²) in [4.78, 5) is 24.0. The molecule has 0 bridgehead atoms. The van der Waals surface area contributed by atoms with E-state index < -0.39 is 11.6 Å². The molecule has 2 rings (SSSR count). The van der Waals surface area contributed by atoms with Gasteiger partial charge in [-0.15, -0.1) is 0 Å². The van der Waals surface area contributed by atoms with Gasteiger partial charge in [0, 0.05) is 19.6 Å². The summed E-state index contributed by atoms with van der Waals surface area (Å²) >= 11 is 0. The fraction of sp³-hybridized carbons (Fsp3) is 0.833. The topological polar surface area (TPSA) is 66.8 Å². The number of carboxylic acids is 1. The monoisotopic (exact) mass is 259 g/mol. The minimum absolute atomic E-state index is 0.0920. The number of hydrogen-bond donors (Lipinski definition) is 1. The van der Waals surface area contributed by atoms with Crippen molar-refractivity contribution in [1.82, 2.24) is 4.90 Å². The molecule has 0 radical (unpaired) electrons. The van der Waals surface area contributed by atoms with Crippen molar-refractivity contribution >= 4 is 11.9 Å². The van der Waals surface area contributed by atoms with Gasteiger partial charge in [0.1, 0.15) is 0 Å². The van der Waals surface area contributed by atoms with Gasteiger partial charge in [0.2, 0.25) is 11.6 Å². The lowest BCUT2D eigenvalue weighted by Gasteiger charge is -2.24. The number of amides is 1. The molecular formula is C12H18FNO4. The predicted octanol–water partition coefficient (Wildman–Crippen LogP) is 0.971. The highest BCUT2D eigenvalue weighted by molar-refractivity contribution is 5.82. The minimum Gasteiger partial charge on any atom is -0.479 e. The predicted molar refractivity (Wildman–Crippen MR) is 60.9 cm³/mol. The zero-order valence-electron chi connectivity index (χ0n) is 10.2. The maximum Gasteiger partial charge on any atom is 0.343 e. The molecule has 0 saturated carbocycles. The third-order valence-electron chi connectivity index (χ3n) is 3.63. The molecule has 1 amide bonds. The first-order chi connectivity index (χ1) is 8.51. The maximum atomic E-state index is 13.8. The van der Waals surface area contributed by atoms with E-state index in [9.17, 15) is 14.0 Å². The maximum absolute atomic E-state index is 13.8. The van der Waals surface area contributed by atoms with Crippen LogP contribution in [0.4, 0.5) is 4.39 Å². The molecule has 2 aliphatic rings. The molecule has 102 valence electrons. The lowest BCUT2D eigenvalue weighted by Crippen LogP contribution is -2.40. The van der Waals surface area contributed by atoms with Crippen LogP contribution in [0.1, 0.15) is 32.1 Å². The van der Waals surface area contributed by atoms with Crippen LogP contribution in [0.5, 0.6) is 0 Å². The third-order valence-corrected chi connectivity index (χ3v) is 3.63. The van der Waals surface area contributed by atoms with Crippen LogP contribution in [-0.4, -0.2) is 53.4 Å². The Morgan fingerprint density at radius 2 is 2.22 bits per heavy atom. The number of carboxylic acid groups (broad SMARTS) is 1. The molecule has 0 aromatic heterocycles. The van der Waals surface area contributed by atoms with Crippen molar-refractivity contribution in [3.63, 3.8) is 0 Å². The Morgan fingerprint density at radius 1 is 1.44 bits per heavy atom. The lowest BCUT2D eigenvalue weighted by atomic mass is 10.1. The van der Waals surface area contributed by atoms with E-state index in [1.54, 1.807) is 0 Å². The summed E-state index contributed by atoms with van der Waals surface area (Å²) in [5.74, 6) is -1.69. The second kappa shape index (κ2) is 5.22. The van der Waals surface area contributed by atoms with Crippen LogP contribution in [0.15, 0.2) is 0 Å². The van der Waals surface area contributed by atoms with Gasteiger partial charge in [-0.3, -0.25) is 4.79 Å². The molecule has 0 unspecified atom stereocenters. The van der Waals surface area contributed by atoms with Crippen molar-refractivity contribution in [3.8, 4) is 0 Å². The first kappa shape index (κ1) is 13.3. The molecule has 18 heavy (non-hydrogen) atoms. The second-order valence-corrected chi connectivity index (χ2v) is 5.03. The Labute approximate surface area is 105 Å². The van der Waals surface area contributed by atoms with Gasteiger partial charge in [-0.2, -0.15) is 0 Å². The second-order valence-electron chi connectivity index (χ2n) is 5.03. The van der Waals surface area contributed by atoms with Gasteiger partial charge in [-0.25, -0.2) is 9.18 Å². The fourth-order valence-corrected chi connectivity index (χ4v) is 2.45. The summed E-state index contributed by atoms with van der Waals surface area (Å²) in [7, 11) is 0. The number of carbonyl (C=O) groups excluding carboxylic acids is 1. The van der Waals surface area contributed by atoms with E-state index in [2.05, 4.69) is 0 Å². The van der Waals surface area contributed by atoms with Crippen LogP contribution in [0, 0.1) is 0 Å². The lowest BCUT2D eigenvalue weighted by molar-refractivity contribution is -0.150. The van der Waals surface area contributed by atoms with E-state index >= 15 is 0 Å². The van der Waals surface area contributed by atoms with Crippen LogP contribution in [0.3, 0.4) is 0 Å². The molecule has 2 saturated heterocycles. The fourth-order valence-electron chi connectivity index (χ4n) is 2.45. The van der Waals surface area contributed by atoms with Crippen molar-refractivity contribution in [2.75, 3.05) is 19.7 Å². The van der Waals surface area contributed by atoms with Gasteiger partial charge in [-0.05, 0) is 19.3 Å². The highest BCUT2D eigenvalue weighted by Gasteiger charge is 2.46. The zero-order chi connectivity index (χ0) is 13.2. The van der Waals surface area contributed by atoms with E-state index in [1.807, 2.05) is 0 Å². The smallest absolute Gasteiger partial charge is 0.343 e. The molecule has 6 heteroatoms. The van der Waals surface area contributed by atoms with E-state index in [1.165, 1.54) is 4.90 Å². The Bertz CT molecular complexity index is 343. The number of alkyl halides is 1. The SMILES string of the molecule is O=C(C[C@H]1CCCCO1)N1CC[C@@](F)(C(=O)O)C1. The number of likely N-dealkylation sites (tertiary alicyclic amines) is 1. The zero-order valence-corrected chi connectivity index (χ0v) is 10.2. The summed E-state index contributed by atoms with van der Waals surface area (Å²) in [6, 6.07) is 0. The van der Waals surface area contributed by atoms with E-state index in [4.69, 9.17) is 9.84 Å². The van der Waals surface area contributed by atoms with E-state index in [0.717, 1.165) is 19.3 Å². The van der Waals surface area contributed by atoms with Crippen LogP contribution < -0.4 is 0 Å². The summed E-state index contributed by atoms with van der Waals surface area (Å²) in [6.07, 6.45) is 2.92. The molecule has 0 aromatic rings. The highest BCUT2D eigenvalue weighted by Crippen LogP contribution is 2.27. The van der Waals surface area contributed by atoms with Crippen LogP contribution in [0.2, 0.25) is 0 Å². The van der Waals surface area contributed by atoms with Crippen LogP contribution >= 0.6 is 0 Å². The molecular weight excluding hydrogens is 241 g/mol. The van der Waals surface area contributed by atoms with Crippen molar-refractivity contribution in [2.45, 2.75) is 43.9 Å². The van der Waals surface area contributed by atoms with Crippen molar-refractivity contribution in [3.05, 3.63) is 0 Å². The average molecular weight is 259 g/mol. The van der Waals surface area contributed by atoms with Crippen LogP contribution in [-0.2, 0) is 14.3 Å². The van der Waals surface area contributed by atoms with Gasteiger partial charge in [-0.1, -0.05) is 0 Å². The molecule has 2 aliphatic heterocycles. The van der Waals surface area contributed by atoms with Gasteiger partial charge in [0.15, 0.2) is 0 Å². The van der Waals surface area contributed by atoms with Gasteiger partial charge in [0.05, 0.1) is 19.1 Å². The summed E-state index contributed by atoms with van der Waals surface area (Å²) < 4.78 is 19.2. The molecule has 2 fully saturated rings. The molecule has 0 aromatic carbocycles. The standard InChI is InChI=1S/C12H18FNO4/c13-12(11(16)17)4-5-14(8-12)10(15)7-9-3-1-2-6-18-9/h9H,1-8H2,(H,16,17)/t9-,12+/m1/s1. The van der Waals surface area contributed by atoms with Gasteiger partial charge in [0.25, 0.3) is 0 Å². The molecule has 1 N–H and O–H groups in total. The van der Waals surface area contributed by atoms with Gasteiger partial charge < -0.3 is 14.7 Å². The molecule has 0 aliphatic carbocycles. The molecule has 5 nitrogen and oxygen atoms in total. The number of ether oxygens (including phenoxy) is 1. The van der Waals surface area contributed by atoms with E-state index in [-0.39, 0.29) is 37.9 Å². The first-order valence-electron chi connectivity index (χ1n) is 6.33. The highest BCUT2D eigenvalue weighted by atomic mass is 19.1. The Balaban J connectivity index is 1.85. The summed E-state index contributed by atoms with van der Waals surface area (Å²) in [5, 5.41) is 8.76. The number of nitrogens with zero attached hydrogens (tertiary/aromatic N) is 1. The quantitative estimate of drug-likeness (QED) is 0.820. The number of carbonyl (C=O) groups is 2. The van der Waals surface area contributed by atoms with Gasteiger partial charge >= 0.3 is 5.97 Å². The Kier molecular flexibility index (Phi) is 3.85. The average Bonchev–Trinajstić information content (AvgIpc) is 2.75. The Hall–Kier alpha value is -1.17. The van der Waals surface area contributed by atoms with Crippen LogP contribution in [0.25, 0.3) is 0 Å². The minimum atomic E-state index is -2.27. The normalized spacial score (nSPS) is 32.5. The number of halogens is 1. The Morgan fingerprint density at radius 3 is 2.78 bits per heavy atom. The number of hydrogen-bond acceptors (Lipinski definition) is 3. The largest absolute Gasteiger partial charge is 0.479 e. The number of aliphatic carboxylic acids is 1.